The molecule has 0 aliphatic carbocycles. The molecule has 6 rings (SSSR count). The van der Waals surface area contributed by atoms with Crippen LogP contribution in [0.25, 0.3) is 0 Å². The Balaban J connectivity index is 0.000000241. The number of esters is 2. The molecule has 4 fully saturated rings. The zero-order valence-corrected chi connectivity index (χ0v) is 39.3. The summed E-state index contributed by atoms with van der Waals surface area (Å²) in [4.78, 5) is 23.3. The number of unbranched alkanes of at least 4 members (excludes halogenated alkanes) is 4. The third kappa shape index (κ3) is 16.7. The zero-order valence-electron chi connectivity index (χ0n) is 39.3. The van der Waals surface area contributed by atoms with Crippen LogP contribution in [0.3, 0.4) is 0 Å². The fraction of sp³-hybridized carbons (Fsp3) is 0.880. The number of cyclic esters (lactones) is 2. The lowest BCUT2D eigenvalue weighted by molar-refractivity contribution is -0.140. The molecule has 6 aliphatic rings. The normalized spacial score (nSPS) is 33.2. The van der Waals surface area contributed by atoms with Crippen molar-refractivity contribution < 1.29 is 68.6 Å². The van der Waals surface area contributed by atoms with Gasteiger partial charge in [-0.1, -0.05) is 65.2 Å². The second-order valence-electron chi connectivity index (χ2n) is 19.6. The van der Waals surface area contributed by atoms with Gasteiger partial charge in [-0.3, -0.25) is 0 Å². The van der Waals surface area contributed by atoms with Gasteiger partial charge in [-0.2, -0.15) is 0 Å². The average Bonchev–Trinajstić information content (AvgIpc) is 4.13. The van der Waals surface area contributed by atoms with Crippen LogP contribution in [0.2, 0.25) is 0 Å². The van der Waals surface area contributed by atoms with Crippen LogP contribution in [-0.4, -0.2) is 140 Å². The minimum absolute atomic E-state index is 0.00156. The number of hydrogen-bond acceptors (Lipinski definition) is 14. The van der Waals surface area contributed by atoms with Gasteiger partial charge in [0.25, 0.3) is 0 Å². The summed E-state index contributed by atoms with van der Waals surface area (Å²) in [6.07, 6.45) is 18.7. The van der Waals surface area contributed by atoms with Crippen molar-refractivity contribution in [1.82, 2.24) is 0 Å². The summed E-state index contributed by atoms with van der Waals surface area (Å²) >= 11 is 0. The topological polar surface area (TPSA) is 211 Å². The Labute approximate surface area is 382 Å². The minimum Gasteiger partial charge on any atom is -0.455 e. The van der Waals surface area contributed by atoms with Crippen LogP contribution in [0.4, 0.5) is 0 Å². The monoisotopic (exact) mass is 909 g/mol. The summed E-state index contributed by atoms with van der Waals surface area (Å²) < 4.78 is 34.6. The van der Waals surface area contributed by atoms with Gasteiger partial charge in [0.15, 0.2) is 0 Å². The molecule has 0 aromatic heterocycles. The second kappa shape index (κ2) is 27.1. The van der Waals surface area contributed by atoms with E-state index in [2.05, 4.69) is 13.8 Å². The molecule has 6 aliphatic heterocycles. The molecule has 0 radical (unpaired) electrons. The van der Waals surface area contributed by atoms with Gasteiger partial charge in [-0.25, -0.2) is 9.59 Å². The summed E-state index contributed by atoms with van der Waals surface area (Å²) in [6.45, 7) is 7.86. The molecular weight excluding hydrogens is 825 g/mol. The first-order valence-electron chi connectivity index (χ1n) is 25.3. The fourth-order valence-corrected chi connectivity index (χ4v) is 10.3. The van der Waals surface area contributed by atoms with E-state index in [1.54, 1.807) is 12.2 Å². The highest BCUT2D eigenvalue weighted by Gasteiger charge is 2.42. The molecular formula is C50H84O14. The van der Waals surface area contributed by atoms with E-state index in [9.17, 15) is 40.2 Å². The van der Waals surface area contributed by atoms with E-state index >= 15 is 0 Å². The van der Waals surface area contributed by atoms with Gasteiger partial charge in [0.1, 0.15) is 12.2 Å². The van der Waals surface area contributed by atoms with E-state index in [4.69, 9.17) is 28.4 Å². The number of ether oxygens (including phenoxy) is 6. The Hall–Kier alpha value is -1.98. The molecule has 6 N–H and O–H groups in total. The predicted octanol–water partition coefficient (Wildman–Crippen LogP) is 6.35. The Morgan fingerprint density at radius 3 is 1.00 bits per heavy atom. The van der Waals surface area contributed by atoms with Gasteiger partial charge in [0, 0.05) is 24.0 Å². The lowest BCUT2D eigenvalue weighted by Gasteiger charge is -2.24. The molecule has 368 valence electrons. The zero-order chi connectivity index (χ0) is 46.2. The van der Waals surface area contributed by atoms with Crippen LogP contribution in [-0.2, 0) is 38.0 Å². The van der Waals surface area contributed by atoms with Crippen LogP contribution in [0.5, 0.6) is 0 Å². The largest absolute Gasteiger partial charge is 0.455 e. The van der Waals surface area contributed by atoms with Crippen LogP contribution in [0.15, 0.2) is 23.3 Å². The van der Waals surface area contributed by atoms with Crippen LogP contribution < -0.4 is 0 Å². The van der Waals surface area contributed by atoms with Gasteiger partial charge in [0.05, 0.1) is 85.5 Å². The number of hydrogen-bond donors (Lipinski definition) is 6. The van der Waals surface area contributed by atoms with Gasteiger partial charge in [-0.05, 0) is 116 Å². The number of aliphatic hydroxyl groups is 6. The van der Waals surface area contributed by atoms with Crippen LogP contribution in [0.1, 0.15) is 182 Å². The quantitative estimate of drug-likeness (QED) is 0.0413. The van der Waals surface area contributed by atoms with Crippen molar-refractivity contribution >= 4 is 11.9 Å². The van der Waals surface area contributed by atoms with Crippen molar-refractivity contribution in [2.45, 2.75) is 279 Å². The Morgan fingerprint density at radius 1 is 0.453 bits per heavy atom. The number of carbonyl (C=O) groups excluding carboxylic acids is 2. The van der Waals surface area contributed by atoms with E-state index in [0.717, 1.165) is 116 Å². The summed E-state index contributed by atoms with van der Waals surface area (Å²) in [5.41, 5.74) is 1.12. The van der Waals surface area contributed by atoms with Crippen molar-refractivity contribution in [3.8, 4) is 0 Å². The van der Waals surface area contributed by atoms with Gasteiger partial charge >= 0.3 is 11.9 Å². The maximum Gasteiger partial charge on any atom is 0.334 e. The van der Waals surface area contributed by atoms with Crippen molar-refractivity contribution in [3.05, 3.63) is 23.3 Å². The first-order chi connectivity index (χ1) is 30.7. The van der Waals surface area contributed by atoms with Crippen molar-refractivity contribution in [1.29, 1.82) is 0 Å². The summed E-state index contributed by atoms with van der Waals surface area (Å²) in [6, 6.07) is 0. The van der Waals surface area contributed by atoms with E-state index in [0.29, 0.717) is 49.7 Å². The molecule has 0 saturated carbocycles. The molecule has 16 atom stereocenters. The molecule has 0 spiro atoms. The lowest BCUT2D eigenvalue weighted by Crippen LogP contribution is -2.33. The molecule has 0 aromatic rings. The number of rotatable bonds is 26. The van der Waals surface area contributed by atoms with E-state index in [1.165, 1.54) is 0 Å². The van der Waals surface area contributed by atoms with Gasteiger partial charge in [0.2, 0.25) is 0 Å². The van der Waals surface area contributed by atoms with Crippen molar-refractivity contribution in [2.24, 2.45) is 0 Å². The Kier molecular flexibility index (Phi) is 22.5. The van der Waals surface area contributed by atoms with Crippen molar-refractivity contribution in [2.75, 3.05) is 0 Å². The van der Waals surface area contributed by atoms with E-state index < -0.39 is 36.6 Å². The SMILES string of the molecule is CCCC[C@@H](O)[C@H]1CC[C@@H]([C@H]2CC[C@H]([C@H](O)CCCC[C@@H](O)CC3=C[C@H](C)OC3=O)O2)O1.CCCC[C@H](O)[C@H]1CC[C@H]([C@H]2CC[C@H]([C@H](O)CCCC[C@@H](O)CC3=C[C@H](C)OC3=O)O2)O1. The third-order valence-electron chi connectivity index (χ3n) is 14.1. The highest BCUT2D eigenvalue weighted by atomic mass is 16.6. The molecule has 14 nitrogen and oxygen atoms in total. The van der Waals surface area contributed by atoms with Gasteiger partial charge < -0.3 is 59.1 Å². The molecule has 6 heterocycles. The Morgan fingerprint density at radius 2 is 0.734 bits per heavy atom. The molecule has 14 heteroatoms. The number of aliphatic hydroxyl groups excluding tert-OH is 6. The highest BCUT2D eigenvalue weighted by molar-refractivity contribution is 5.91. The fourth-order valence-electron chi connectivity index (χ4n) is 10.3. The smallest absolute Gasteiger partial charge is 0.334 e. The summed E-state index contributed by atoms with van der Waals surface area (Å²) in [5, 5.41) is 62.1. The van der Waals surface area contributed by atoms with Gasteiger partial charge in [-0.15, -0.1) is 0 Å². The molecule has 0 aromatic carbocycles. The van der Waals surface area contributed by atoms with Crippen molar-refractivity contribution in [3.63, 3.8) is 0 Å². The second-order valence-corrected chi connectivity index (χ2v) is 19.6. The molecule has 0 amide bonds. The molecule has 4 saturated heterocycles. The first kappa shape index (κ1) is 53.0. The maximum atomic E-state index is 11.6. The Bertz CT molecular complexity index is 1350. The van der Waals surface area contributed by atoms with E-state index in [-0.39, 0.29) is 73.0 Å². The molecule has 0 unspecified atom stereocenters. The van der Waals surface area contributed by atoms with Crippen LogP contribution in [0, 0.1) is 0 Å². The predicted molar refractivity (Wildman–Crippen MR) is 240 cm³/mol. The maximum absolute atomic E-state index is 11.6. The molecule has 0 bridgehead atoms. The summed E-state index contributed by atoms with van der Waals surface area (Å²) in [5.74, 6) is -0.652. The lowest BCUT2D eigenvalue weighted by atomic mass is 9.99. The molecule has 64 heavy (non-hydrogen) atoms. The summed E-state index contributed by atoms with van der Waals surface area (Å²) in [7, 11) is 0. The minimum atomic E-state index is -0.566. The first-order valence-corrected chi connectivity index (χ1v) is 25.3. The highest BCUT2D eigenvalue weighted by Crippen LogP contribution is 2.36. The standard InChI is InChI=1S/2C25H42O7/c2*1-3-4-8-19(27)21-10-12-23(31-21)24-13-11-22(32-24)20(28)9-6-5-7-18(26)15-17-14-16(2)30-25(17)29/h2*14,16,18-24,26-28H,3-13,15H2,1-2H3/t16-,18+,19+,20+,21+,22+,23-,24+;16-,18+,19-,20+,21+,22+,23+,24+/m00/s1. The average molecular weight is 909 g/mol. The van der Waals surface area contributed by atoms with E-state index in [1.807, 2.05) is 13.8 Å². The third-order valence-corrected chi connectivity index (χ3v) is 14.1. The van der Waals surface area contributed by atoms with Crippen LogP contribution >= 0.6 is 0 Å². The number of carbonyl (C=O) groups is 2.